The first-order valence-corrected chi connectivity index (χ1v) is 6.40. The zero-order valence-corrected chi connectivity index (χ0v) is 9.14. The van der Waals surface area contributed by atoms with E-state index >= 15 is 0 Å². The first-order valence-electron chi connectivity index (χ1n) is 4.35. The Morgan fingerprint density at radius 3 is 2.57 bits per heavy atom. The van der Waals surface area contributed by atoms with Gasteiger partial charge in [-0.3, -0.25) is 0 Å². The smallest absolute Gasteiger partial charge is 0.460 e. The van der Waals surface area contributed by atoms with Gasteiger partial charge in [0.15, 0.2) is 0 Å². The zero-order chi connectivity index (χ0) is 11.2. The molecule has 3 N–H and O–H groups in total. The average molecular weight is 220 g/mol. The van der Waals surface area contributed by atoms with Crippen LogP contribution in [0.4, 0.5) is 0 Å². The van der Waals surface area contributed by atoms with Crippen LogP contribution < -0.4 is 0 Å². The lowest BCUT2D eigenvalue weighted by Gasteiger charge is -2.13. The molecule has 0 rings (SSSR count). The monoisotopic (exact) mass is 220 g/mol. The summed E-state index contributed by atoms with van der Waals surface area (Å²) in [6, 6.07) is -0.0387. The molecule has 0 aromatic carbocycles. The number of hydrogen-bond acceptors (Lipinski definition) is 5. The van der Waals surface area contributed by atoms with Crippen LogP contribution in [0.15, 0.2) is 12.7 Å². The first-order chi connectivity index (χ1) is 6.35. The number of esters is 1. The predicted octanol–water partition coefficient (Wildman–Crippen LogP) is -0.200. The summed E-state index contributed by atoms with van der Waals surface area (Å²) in [4.78, 5) is 36.8. The molecule has 0 aliphatic rings. The summed E-state index contributed by atoms with van der Waals surface area (Å²) >= 11 is 0. The van der Waals surface area contributed by atoms with Crippen molar-refractivity contribution in [1.82, 2.24) is 0 Å². The van der Waals surface area contributed by atoms with Crippen LogP contribution in [0.2, 0.25) is 6.04 Å². The number of ether oxygens (including phenoxy) is 1. The molecule has 0 radical (unpaired) electrons. The van der Waals surface area contributed by atoms with Crippen LogP contribution >= 0.6 is 0 Å². The van der Waals surface area contributed by atoms with Gasteiger partial charge in [0.1, 0.15) is 0 Å². The summed E-state index contributed by atoms with van der Waals surface area (Å²) in [5.41, 5.74) is 0. The Morgan fingerprint density at radius 2 is 2.14 bits per heavy atom. The van der Waals surface area contributed by atoms with Crippen LogP contribution in [0.25, 0.3) is 0 Å². The fourth-order valence-electron chi connectivity index (χ4n) is 0.932. The second-order valence-corrected chi connectivity index (χ2v) is 5.17. The van der Waals surface area contributed by atoms with Crippen LogP contribution in [0.3, 0.4) is 0 Å². The quantitative estimate of drug-likeness (QED) is 0.328. The maximum absolute atomic E-state index is 10.7. The zero-order valence-electron chi connectivity index (χ0n) is 8.14. The minimum Gasteiger partial charge on any atom is -0.460 e. The molecule has 0 saturated carbocycles. The van der Waals surface area contributed by atoms with E-state index in [0.717, 1.165) is 6.08 Å². The molecule has 14 heavy (non-hydrogen) atoms. The van der Waals surface area contributed by atoms with E-state index in [9.17, 15) is 4.79 Å². The van der Waals surface area contributed by atoms with E-state index in [1.165, 1.54) is 0 Å². The lowest BCUT2D eigenvalue weighted by atomic mass is 10.2. The minimum atomic E-state index is -3.93. The van der Waals surface area contributed by atoms with Crippen LogP contribution in [0, 0.1) is 0 Å². The van der Waals surface area contributed by atoms with Crippen LogP contribution in [0.5, 0.6) is 0 Å². The maximum Gasteiger partial charge on any atom is 0.492 e. The third kappa shape index (κ3) is 7.93. The molecule has 5 nitrogen and oxygen atoms in total. The van der Waals surface area contributed by atoms with Crippen LogP contribution in [0.1, 0.15) is 19.8 Å². The van der Waals surface area contributed by atoms with Gasteiger partial charge in [0.2, 0.25) is 0 Å². The third-order valence-electron chi connectivity index (χ3n) is 1.61. The van der Waals surface area contributed by atoms with Crippen molar-refractivity contribution in [3.8, 4) is 0 Å². The Balaban J connectivity index is 3.59. The van der Waals surface area contributed by atoms with Gasteiger partial charge in [-0.05, 0) is 19.8 Å². The predicted molar refractivity (Wildman–Crippen MR) is 52.2 cm³/mol. The van der Waals surface area contributed by atoms with E-state index in [2.05, 4.69) is 6.58 Å². The summed E-state index contributed by atoms with van der Waals surface area (Å²) in [6.07, 6.45) is 1.65. The summed E-state index contributed by atoms with van der Waals surface area (Å²) < 4.78 is 4.83. The topological polar surface area (TPSA) is 87.0 Å². The SMILES string of the molecule is C=CC(=O)OC(C)CCC[Si](O)(O)O. The summed E-state index contributed by atoms with van der Waals surface area (Å²) in [5.74, 6) is -0.502. The van der Waals surface area contributed by atoms with Gasteiger partial charge in [0.05, 0.1) is 6.10 Å². The highest BCUT2D eigenvalue weighted by molar-refractivity contribution is 6.56. The Kier molecular flexibility index (Phi) is 5.62. The first kappa shape index (κ1) is 13.3. The molecule has 0 aliphatic carbocycles. The molecular formula is C8H16O5Si. The van der Waals surface area contributed by atoms with E-state index in [1.807, 2.05) is 0 Å². The molecule has 0 aromatic rings. The number of rotatable bonds is 6. The highest BCUT2D eigenvalue weighted by Gasteiger charge is 2.26. The van der Waals surface area contributed by atoms with Crippen molar-refractivity contribution in [2.45, 2.75) is 31.9 Å². The van der Waals surface area contributed by atoms with Crippen molar-refractivity contribution in [2.75, 3.05) is 0 Å². The van der Waals surface area contributed by atoms with E-state index in [1.54, 1.807) is 6.92 Å². The summed E-state index contributed by atoms with van der Waals surface area (Å²) in [5, 5.41) is 0. The molecule has 1 atom stereocenters. The van der Waals surface area contributed by atoms with Gasteiger partial charge in [0.25, 0.3) is 0 Å². The normalized spacial score (nSPS) is 13.4. The molecule has 0 spiro atoms. The van der Waals surface area contributed by atoms with E-state index in [0.29, 0.717) is 12.8 Å². The molecule has 0 saturated heterocycles. The molecule has 0 bridgehead atoms. The van der Waals surface area contributed by atoms with E-state index in [-0.39, 0.29) is 12.1 Å². The molecule has 0 aromatic heterocycles. The molecule has 1 unspecified atom stereocenters. The van der Waals surface area contributed by atoms with Gasteiger partial charge in [-0.2, -0.15) is 0 Å². The highest BCUT2D eigenvalue weighted by Crippen LogP contribution is 2.09. The second kappa shape index (κ2) is 5.92. The largest absolute Gasteiger partial charge is 0.492 e. The molecule has 0 amide bonds. The van der Waals surface area contributed by atoms with Crippen LogP contribution in [-0.4, -0.2) is 35.3 Å². The van der Waals surface area contributed by atoms with Crippen molar-refractivity contribution in [1.29, 1.82) is 0 Å². The van der Waals surface area contributed by atoms with Crippen molar-refractivity contribution in [2.24, 2.45) is 0 Å². The molecule has 0 fully saturated rings. The van der Waals surface area contributed by atoms with Gasteiger partial charge in [-0.15, -0.1) is 0 Å². The highest BCUT2D eigenvalue weighted by atomic mass is 28.4. The van der Waals surface area contributed by atoms with Gasteiger partial charge in [0, 0.05) is 12.1 Å². The van der Waals surface area contributed by atoms with Crippen molar-refractivity contribution in [3.05, 3.63) is 12.7 Å². The average Bonchev–Trinajstić information content (AvgIpc) is 2.01. The third-order valence-corrected chi connectivity index (χ3v) is 2.63. The van der Waals surface area contributed by atoms with Gasteiger partial charge >= 0.3 is 14.8 Å². The Labute approximate surface area is 84.0 Å². The van der Waals surface area contributed by atoms with Gasteiger partial charge in [-0.25, -0.2) is 4.79 Å². The number of hydrogen-bond donors (Lipinski definition) is 3. The second-order valence-electron chi connectivity index (χ2n) is 3.12. The maximum atomic E-state index is 10.7. The Hall–Kier alpha value is -0.693. The van der Waals surface area contributed by atoms with Crippen LogP contribution in [-0.2, 0) is 9.53 Å². The van der Waals surface area contributed by atoms with E-state index in [4.69, 9.17) is 19.1 Å². The molecule has 82 valence electrons. The van der Waals surface area contributed by atoms with Crippen molar-refractivity contribution < 1.29 is 23.9 Å². The van der Waals surface area contributed by atoms with Gasteiger partial charge in [-0.1, -0.05) is 6.58 Å². The lowest BCUT2D eigenvalue weighted by Crippen LogP contribution is -2.34. The Morgan fingerprint density at radius 1 is 1.57 bits per heavy atom. The number of carbonyl (C=O) groups is 1. The molecule has 0 heterocycles. The molecule has 6 heteroatoms. The fraction of sp³-hybridized carbons (Fsp3) is 0.625. The summed E-state index contributed by atoms with van der Waals surface area (Å²) in [7, 11) is -3.93. The fourth-order valence-corrected chi connectivity index (χ4v) is 1.61. The lowest BCUT2D eigenvalue weighted by molar-refractivity contribution is -0.142. The molecule has 0 aliphatic heterocycles. The standard InChI is InChI=1S/C8H16O5Si/c1-3-8(9)13-7(2)5-4-6-14(10,11)12/h3,7,10-12H,1,4-6H2,2H3. The molecular weight excluding hydrogens is 204 g/mol. The minimum absolute atomic E-state index is 0.0387. The Bertz CT molecular complexity index is 198. The van der Waals surface area contributed by atoms with Gasteiger partial charge < -0.3 is 19.1 Å². The van der Waals surface area contributed by atoms with Crippen molar-refractivity contribution in [3.63, 3.8) is 0 Å². The summed E-state index contributed by atoms with van der Waals surface area (Å²) in [6.45, 7) is 4.94. The van der Waals surface area contributed by atoms with E-state index < -0.39 is 14.8 Å². The number of carbonyl (C=O) groups excluding carboxylic acids is 1. The van der Waals surface area contributed by atoms with Crippen molar-refractivity contribution >= 4 is 14.8 Å².